The molecule has 176 valence electrons. The largest absolute Gasteiger partial charge is 0.483 e. The molecule has 34 heavy (non-hydrogen) atoms. The second-order valence-corrected chi connectivity index (χ2v) is 8.60. The first-order chi connectivity index (χ1) is 16.3. The van der Waals surface area contributed by atoms with Crippen molar-refractivity contribution in [3.63, 3.8) is 0 Å². The molecule has 1 atom stereocenters. The first-order valence-electron chi connectivity index (χ1n) is 11.4. The van der Waals surface area contributed by atoms with Crippen LogP contribution >= 0.6 is 0 Å². The highest BCUT2D eigenvalue weighted by atomic mass is 16.5. The van der Waals surface area contributed by atoms with Crippen molar-refractivity contribution in [1.82, 2.24) is 19.7 Å². The molecular formula is C27H30N4O3. The molecule has 2 heterocycles. The smallest absolute Gasteiger partial charge is 0.407 e. The minimum Gasteiger partial charge on any atom is -0.483 e. The van der Waals surface area contributed by atoms with E-state index in [1.807, 2.05) is 68.4 Å². The standard InChI is InChI=1S/C27H30N4O3/c1-17-25-19(3)31(20(4)26(25)18(2)29-28-17)22-13-9-10-14-24(22)34-23(15-16-30(5)27(32)33)21-11-7-6-8-12-21/h6-14,23H,15-16H2,1-5H3,(H,32,33). The predicted octanol–water partition coefficient (Wildman–Crippen LogP) is 5.77. The van der Waals surface area contributed by atoms with E-state index in [0.717, 1.165) is 50.5 Å². The molecule has 0 aliphatic heterocycles. The second-order valence-electron chi connectivity index (χ2n) is 8.60. The summed E-state index contributed by atoms with van der Waals surface area (Å²) < 4.78 is 8.81. The molecule has 1 unspecified atom stereocenters. The minimum absolute atomic E-state index is 0.304. The zero-order valence-electron chi connectivity index (χ0n) is 20.2. The number of hydrogen-bond donors (Lipinski definition) is 1. The van der Waals surface area contributed by atoms with Crippen molar-refractivity contribution in [1.29, 1.82) is 0 Å². The van der Waals surface area contributed by atoms with Crippen LogP contribution in [0.2, 0.25) is 0 Å². The quantitative estimate of drug-likeness (QED) is 0.380. The van der Waals surface area contributed by atoms with E-state index >= 15 is 0 Å². The lowest BCUT2D eigenvalue weighted by Gasteiger charge is -2.24. The Morgan fingerprint density at radius 2 is 1.50 bits per heavy atom. The van der Waals surface area contributed by atoms with Gasteiger partial charge in [-0.2, -0.15) is 10.2 Å². The molecule has 1 amide bonds. The summed E-state index contributed by atoms with van der Waals surface area (Å²) in [5, 5.41) is 20.2. The maximum atomic E-state index is 11.3. The molecule has 0 aliphatic rings. The third kappa shape index (κ3) is 4.33. The van der Waals surface area contributed by atoms with Crippen LogP contribution in [0.4, 0.5) is 4.79 Å². The van der Waals surface area contributed by atoms with E-state index in [1.54, 1.807) is 7.05 Å². The minimum atomic E-state index is -0.953. The summed E-state index contributed by atoms with van der Waals surface area (Å²) in [4.78, 5) is 12.6. The van der Waals surface area contributed by atoms with Crippen LogP contribution in [-0.4, -0.2) is 44.5 Å². The number of aryl methyl sites for hydroxylation is 4. The SMILES string of the molecule is Cc1nnc(C)c2c(C)n(-c3ccccc3OC(CCN(C)C(=O)O)c3ccccc3)c(C)c12. The zero-order valence-corrected chi connectivity index (χ0v) is 20.2. The highest BCUT2D eigenvalue weighted by Crippen LogP contribution is 2.36. The second kappa shape index (κ2) is 9.55. The van der Waals surface area contributed by atoms with Crippen molar-refractivity contribution in [2.45, 2.75) is 40.2 Å². The lowest BCUT2D eigenvalue weighted by Crippen LogP contribution is -2.27. The lowest BCUT2D eigenvalue weighted by atomic mass is 10.1. The fourth-order valence-electron chi connectivity index (χ4n) is 4.60. The summed E-state index contributed by atoms with van der Waals surface area (Å²) in [6.07, 6.45) is -0.731. The average molecular weight is 459 g/mol. The van der Waals surface area contributed by atoms with E-state index in [4.69, 9.17) is 4.74 Å². The molecule has 4 rings (SSSR count). The Kier molecular flexibility index (Phi) is 6.54. The summed E-state index contributed by atoms with van der Waals surface area (Å²) >= 11 is 0. The highest BCUT2D eigenvalue weighted by Gasteiger charge is 2.22. The molecule has 4 aromatic rings. The van der Waals surface area contributed by atoms with E-state index in [2.05, 4.69) is 28.6 Å². The van der Waals surface area contributed by atoms with Gasteiger partial charge in [-0.1, -0.05) is 42.5 Å². The Balaban J connectivity index is 1.78. The number of hydrogen-bond acceptors (Lipinski definition) is 4. The van der Waals surface area contributed by atoms with Crippen LogP contribution in [0, 0.1) is 27.7 Å². The van der Waals surface area contributed by atoms with E-state index < -0.39 is 6.09 Å². The van der Waals surface area contributed by atoms with Crippen molar-refractivity contribution >= 4 is 16.9 Å². The van der Waals surface area contributed by atoms with Gasteiger partial charge in [-0.15, -0.1) is 0 Å². The summed E-state index contributed by atoms with van der Waals surface area (Å²) in [6.45, 7) is 8.52. The molecule has 2 aromatic carbocycles. The third-order valence-corrected chi connectivity index (χ3v) is 6.32. The van der Waals surface area contributed by atoms with Gasteiger partial charge in [-0.3, -0.25) is 0 Å². The van der Waals surface area contributed by atoms with Crippen molar-refractivity contribution in [3.8, 4) is 11.4 Å². The highest BCUT2D eigenvalue weighted by molar-refractivity contribution is 5.92. The molecule has 0 aliphatic carbocycles. The molecule has 0 saturated carbocycles. The normalized spacial score (nSPS) is 12.0. The lowest BCUT2D eigenvalue weighted by molar-refractivity contribution is 0.140. The van der Waals surface area contributed by atoms with Gasteiger partial charge in [0.25, 0.3) is 0 Å². The maximum absolute atomic E-state index is 11.3. The van der Waals surface area contributed by atoms with Crippen LogP contribution < -0.4 is 4.74 Å². The van der Waals surface area contributed by atoms with Gasteiger partial charge in [-0.05, 0) is 45.4 Å². The van der Waals surface area contributed by atoms with E-state index in [0.29, 0.717) is 13.0 Å². The molecule has 2 aromatic heterocycles. The first kappa shape index (κ1) is 23.3. The number of rotatable bonds is 7. The number of ether oxygens (including phenoxy) is 1. The number of amides is 1. The van der Waals surface area contributed by atoms with Gasteiger partial charge in [0.1, 0.15) is 11.9 Å². The molecule has 7 nitrogen and oxygen atoms in total. The van der Waals surface area contributed by atoms with Gasteiger partial charge in [-0.25, -0.2) is 4.79 Å². The van der Waals surface area contributed by atoms with Gasteiger partial charge >= 0.3 is 6.09 Å². The van der Waals surface area contributed by atoms with E-state index in [1.165, 1.54) is 4.90 Å². The van der Waals surface area contributed by atoms with E-state index in [9.17, 15) is 9.90 Å². The Bertz CT molecular complexity index is 1290. The molecule has 0 fully saturated rings. The van der Waals surface area contributed by atoms with E-state index in [-0.39, 0.29) is 6.10 Å². The topological polar surface area (TPSA) is 80.5 Å². The van der Waals surface area contributed by atoms with Crippen molar-refractivity contribution in [3.05, 3.63) is 82.9 Å². The third-order valence-electron chi connectivity index (χ3n) is 6.32. The number of fused-ring (bicyclic) bond motifs is 1. The molecule has 7 heteroatoms. The summed E-state index contributed by atoms with van der Waals surface area (Å²) in [5.74, 6) is 0.733. The molecule has 0 spiro atoms. The maximum Gasteiger partial charge on any atom is 0.407 e. The van der Waals surface area contributed by atoms with Crippen molar-refractivity contribution in [2.75, 3.05) is 13.6 Å². The number of carbonyl (C=O) groups is 1. The van der Waals surface area contributed by atoms with Gasteiger partial charge in [0, 0.05) is 42.2 Å². The Morgan fingerprint density at radius 1 is 0.941 bits per heavy atom. The van der Waals surface area contributed by atoms with Crippen LogP contribution in [0.15, 0.2) is 54.6 Å². The summed E-state index contributed by atoms with van der Waals surface area (Å²) in [7, 11) is 1.57. The van der Waals surface area contributed by atoms with Gasteiger partial charge in [0.05, 0.1) is 17.1 Å². The molecule has 0 bridgehead atoms. The van der Waals surface area contributed by atoms with Gasteiger partial charge in [0.2, 0.25) is 0 Å². The van der Waals surface area contributed by atoms with Crippen LogP contribution in [0.3, 0.4) is 0 Å². The number of nitrogens with zero attached hydrogens (tertiary/aromatic N) is 4. The number of para-hydroxylation sites is 2. The Labute approximate surface area is 199 Å². The van der Waals surface area contributed by atoms with Gasteiger partial charge < -0.3 is 19.3 Å². The van der Waals surface area contributed by atoms with Crippen LogP contribution in [0.1, 0.15) is 40.9 Å². The fourth-order valence-corrected chi connectivity index (χ4v) is 4.60. The molecular weight excluding hydrogens is 428 g/mol. The molecule has 0 saturated heterocycles. The van der Waals surface area contributed by atoms with Gasteiger partial charge in [0.15, 0.2) is 0 Å². The first-order valence-corrected chi connectivity index (χ1v) is 11.4. The zero-order chi connectivity index (χ0) is 24.4. The average Bonchev–Trinajstić information content (AvgIpc) is 3.10. The fraction of sp³-hybridized carbons (Fsp3) is 0.296. The number of aromatic nitrogens is 3. The number of benzene rings is 2. The monoisotopic (exact) mass is 458 g/mol. The van der Waals surface area contributed by atoms with Crippen molar-refractivity contribution in [2.24, 2.45) is 0 Å². The summed E-state index contributed by atoms with van der Waals surface area (Å²) in [5.41, 5.74) is 5.90. The Morgan fingerprint density at radius 3 is 2.09 bits per heavy atom. The molecule has 0 radical (unpaired) electrons. The predicted molar refractivity (Wildman–Crippen MR) is 133 cm³/mol. The molecule has 1 N–H and O–H groups in total. The summed E-state index contributed by atoms with van der Waals surface area (Å²) in [6, 6.07) is 17.9. The van der Waals surface area contributed by atoms with Crippen LogP contribution in [-0.2, 0) is 0 Å². The van der Waals surface area contributed by atoms with Crippen LogP contribution in [0.5, 0.6) is 5.75 Å². The van der Waals surface area contributed by atoms with Crippen LogP contribution in [0.25, 0.3) is 16.5 Å². The number of carboxylic acid groups (broad SMARTS) is 1. The Hall–Kier alpha value is -3.87. The van der Waals surface area contributed by atoms with Crippen molar-refractivity contribution < 1.29 is 14.6 Å².